The monoisotopic (exact) mass is 372 g/mol. The number of anilines is 1. The molecule has 0 bridgehead atoms. The molecular weight excluding hydrogens is 348 g/mol. The minimum absolute atomic E-state index is 0.145. The molecule has 1 fully saturated rings. The van der Waals surface area contributed by atoms with Crippen molar-refractivity contribution < 1.29 is 19.0 Å². The Balaban J connectivity index is 1.61. The van der Waals surface area contributed by atoms with Crippen molar-refractivity contribution in [3.8, 4) is 17.5 Å². The minimum Gasteiger partial charge on any atom is -0.492 e. The van der Waals surface area contributed by atoms with E-state index in [1.165, 1.54) is 13.3 Å². The largest absolute Gasteiger partial charge is 0.492 e. The van der Waals surface area contributed by atoms with Crippen LogP contribution in [-0.4, -0.2) is 53.8 Å². The fourth-order valence-electron chi connectivity index (χ4n) is 2.92. The lowest BCUT2D eigenvalue weighted by atomic mass is 10.1. The number of urea groups is 1. The van der Waals surface area contributed by atoms with Crippen LogP contribution in [0.1, 0.15) is 19.8 Å². The molecule has 1 saturated heterocycles. The molecule has 1 unspecified atom stereocenters. The Morgan fingerprint density at radius 1 is 1.30 bits per heavy atom. The first-order chi connectivity index (χ1) is 13.2. The van der Waals surface area contributed by atoms with Crippen LogP contribution in [0.3, 0.4) is 0 Å². The van der Waals surface area contributed by atoms with Crippen LogP contribution in [0, 0.1) is 0 Å². The fraction of sp³-hybridized carbons (Fsp3) is 0.421. The van der Waals surface area contributed by atoms with Gasteiger partial charge in [0.2, 0.25) is 11.8 Å². The summed E-state index contributed by atoms with van der Waals surface area (Å²) >= 11 is 0. The molecule has 2 aromatic rings. The highest BCUT2D eigenvalue weighted by Crippen LogP contribution is 2.25. The summed E-state index contributed by atoms with van der Waals surface area (Å²) in [6.45, 7) is 3.59. The number of likely N-dealkylation sites (tertiary alicyclic amines) is 1. The average molecular weight is 372 g/mol. The lowest BCUT2D eigenvalue weighted by Gasteiger charge is -2.32. The van der Waals surface area contributed by atoms with E-state index in [0.717, 1.165) is 12.8 Å². The molecule has 1 aliphatic heterocycles. The molecule has 1 aromatic carbocycles. The van der Waals surface area contributed by atoms with Crippen molar-refractivity contribution in [2.45, 2.75) is 25.9 Å². The first kappa shape index (κ1) is 18.8. The lowest BCUT2D eigenvalue weighted by Crippen LogP contribution is -2.46. The lowest BCUT2D eigenvalue weighted by molar-refractivity contribution is 0.101. The summed E-state index contributed by atoms with van der Waals surface area (Å²) in [5, 5.41) is 2.93. The number of hydrogen-bond donors (Lipinski definition) is 1. The van der Waals surface area contributed by atoms with Crippen LogP contribution in [0.5, 0.6) is 17.5 Å². The van der Waals surface area contributed by atoms with Crippen LogP contribution < -0.4 is 19.5 Å². The van der Waals surface area contributed by atoms with Gasteiger partial charge in [-0.05, 0) is 31.9 Å². The average Bonchev–Trinajstić information content (AvgIpc) is 2.70. The standard InChI is InChI=1S/C19H24N4O4/c1-3-26-16-9-5-4-8-15(16)21-19(24)23-10-6-7-14(13-23)27-18-12-20-11-17(22-18)25-2/h4-5,8-9,11-12,14H,3,6-7,10,13H2,1-2H3,(H,21,24). The number of amides is 2. The quantitative estimate of drug-likeness (QED) is 0.839. The van der Waals surface area contributed by atoms with Gasteiger partial charge in [-0.25, -0.2) is 4.79 Å². The third kappa shape index (κ3) is 4.99. The molecule has 2 amide bonds. The maximum atomic E-state index is 12.7. The van der Waals surface area contributed by atoms with Crippen LogP contribution in [0.2, 0.25) is 0 Å². The molecule has 0 spiro atoms. The van der Waals surface area contributed by atoms with Gasteiger partial charge >= 0.3 is 6.03 Å². The number of methoxy groups -OCH3 is 1. The smallest absolute Gasteiger partial charge is 0.322 e. The number of carbonyl (C=O) groups is 1. The molecular formula is C19H24N4O4. The summed E-state index contributed by atoms with van der Waals surface area (Å²) in [7, 11) is 1.53. The van der Waals surface area contributed by atoms with E-state index in [1.807, 2.05) is 31.2 Å². The van der Waals surface area contributed by atoms with Gasteiger partial charge in [0, 0.05) is 6.54 Å². The fourth-order valence-corrected chi connectivity index (χ4v) is 2.92. The molecule has 8 nitrogen and oxygen atoms in total. The van der Waals surface area contributed by atoms with Gasteiger partial charge in [0.25, 0.3) is 0 Å². The molecule has 8 heteroatoms. The summed E-state index contributed by atoms with van der Waals surface area (Å²) in [6.07, 6.45) is 4.61. The van der Waals surface area contributed by atoms with E-state index in [9.17, 15) is 4.79 Å². The Morgan fingerprint density at radius 3 is 2.93 bits per heavy atom. The van der Waals surface area contributed by atoms with Crippen LogP contribution in [0.4, 0.5) is 10.5 Å². The number of carbonyl (C=O) groups excluding carboxylic acids is 1. The first-order valence-electron chi connectivity index (χ1n) is 9.00. The number of para-hydroxylation sites is 2. The third-order valence-corrected chi connectivity index (χ3v) is 4.18. The van der Waals surface area contributed by atoms with Crippen molar-refractivity contribution in [1.82, 2.24) is 14.9 Å². The minimum atomic E-state index is -0.174. The van der Waals surface area contributed by atoms with Gasteiger partial charge in [-0.2, -0.15) is 4.98 Å². The van der Waals surface area contributed by atoms with Crippen LogP contribution in [0.15, 0.2) is 36.7 Å². The highest BCUT2D eigenvalue weighted by molar-refractivity contribution is 5.91. The van der Waals surface area contributed by atoms with Gasteiger partial charge in [0.1, 0.15) is 11.9 Å². The molecule has 27 heavy (non-hydrogen) atoms. The molecule has 0 radical (unpaired) electrons. The van der Waals surface area contributed by atoms with Gasteiger partial charge in [0.05, 0.1) is 38.3 Å². The van der Waals surface area contributed by atoms with Crippen molar-refractivity contribution in [3.63, 3.8) is 0 Å². The number of ether oxygens (including phenoxy) is 3. The molecule has 0 aliphatic carbocycles. The molecule has 0 saturated carbocycles. The predicted octanol–water partition coefficient (Wildman–Crippen LogP) is 2.96. The van der Waals surface area contributed by atoms with Gasteiger partial charge < -0.3 is 24.4 Å². The molecule has 2 heterocycles. The third-order valence-electron chi connectivity index (χ3n) is 4.18. The van der Waals surface area contributed by atoms with E-state index in [4.69, 9.17) is 14.2 Å². The number of nitrogens with one attached hydrogen (secondary N) is 1. The Kier molecular flexibility index (Phi) is 6.30. The van der Waals surface area contributed by atoms with Crippen LogP contribution in [0.25, 0.3) is 0 Å². The second kappa shape index (κ2) is 9.07. The normalized spacial score (nSPS) is 16.5. The van der Waals surface area contributed by atoms with Crippen molar-refractivity contribution in [2.24, 2.45) is 0 Å². The van der Waals surface area contributed by atoms with E-state index in [2.05, 4.69) is 15.3 Å². The van der Waals surface area contributed by atoms with E-state index in [1.54, 1.807) is 11.1 Å². The van der Waals surface area contributed by atoms with Crippen molar-refractivity contribution >= 4 is 11.7 Å². The van der Waals surface area contributed by atoms with E-state index >= 15 is 0 Å². The number of nitrogens with zero attached hydrogens (tertiary/aromatic N) is 3. The second-order valence-electron chi connectivity index (χ2n) is 6.09. The number of benzene rings is 1. The molecule has 1 atom stereocenters. The van der Waals surface area contributed by atoms with Gasteiger partial charge in [-0.1, -0.05) is 12.1 Å². The number of rotatable bonds is 6. The SMILES string of the molecule is CCOc1ccccc1NC(=O)N1CCCC(Oc2cncc(OC)n2)C1. The molecule has 1 N–H and O–H groups in total. The maximum absolute atomic E-state index is 12.7. The predicted molar refractivity (Wildman–Crippen MR) is 100 cm³/mol. The topological polar surface area (TPSA) is 85.8 Å². The van der Waals surface area contributed by atoms with Gasteiger partial charge in [0.15, 0.2) is 0 Å². The Bertz CT molecular complexity index is 771. The number of aromatic nitrogens is 2. The molecule has 1 aromatic heterocycles. The first-order valence-corrected chi connectivity index (χ1v) is 9.00. The van der Waals surface area contributed by atoms with Gasteiger partial charge in [-0.3, -0.25) is 4.98 Å². The molecule has 1 aliphatic rings. The van der Waals surface area contributed by atoms with E-state index in [-0.39, 0.29) is 12.1 Å². The highest BCUT2D eigenvalue weighted by atomic mass is 16.5. The molecule has 144 valence electrons. The van der Waals surface area contributed by atoms with E-state index < -0.39 is 0 Å². The van der Waals surface area contributed by atoms with Crippen LogP contribution >= 0.6 is 0 Å². The highest BCUT2D eigenvalue weighted by Gasteiger charge is 2.26. The van der Waals surface area contributed by atoms with Gasteiger partial charge in [-0.15, -0.1) is 0 Å². The number of hydrogen-bond acceptors (Lipinski definition) is 6. The Labute approximate surface area is 158 Å². The summed E-state index contributed by atoms with van der Waals surface area (Å²) in [5.41, 5.74) is 0.658. The summed E-state index contributed by atoms with van der Waals surface area (Å²) in [5.74, 6) is 1.44. The summed E-state index contributed by atoms with van der Waals surface area (Å²) in [4.78, 5) is 22.7. The summed E-state index contributed by atoms with van der Waals surface area (Å²) in [6, 6.07) is 7.23. The van der Waals surface area contributed by atoms with Crippen molar-refractivity contribution in [1.29, 1.82) is 0 Å². The van der Waals surface area contributed by atoms with Crippen molar-refractivity contribution in [2.75, 3.05) is 32.1 Å². The summed E-state index contributed by atoms with van der Waals surface area (Å²) < 4.78 is 16.5. The zero-order valence-electron chi connectivity index (χ0n) is 15.6. The number of piperidine rings is 1. The zero-order valence-corrected chi connectivity index (χ0v) is 15.6. The van der Waals surface area contributed by atoms with Crippen LogP contribution in [-0.2, 0) is 0 Å². The Hall–Kier alpha value is -3.03. The van der Waals surface area contributed by atoms with Crippen molar-refractivity contribution in [3.05, 3.63) is 36.7 Å². The maximum Gasteiger partial charge on any atom is 0.322 e. The zero-order chi connectivity index (χ0) is 19.1. The second-order valence-corrected chi connectivity index (χ2v) is 6.09. The van der Waals surface area contributed by atoms with E-state index in [0.29, 0.717) is 42.9 Å². The molecule has 3 rings (SSSR count). The Morgan fingerprint density at radius 2 is 2.11 bits per heavy atom.